The molecule has 6 heteroatoms. The molecule has 0 aromatic rings. The minimum absolute atomic E-state index is 0.0166. The van der Waals surface area contributed by atoms with Crippen LogP contribution in [0.2, 0.25) is 0 Å². The van der Waals surface area contributed by atoms with Gasteiger partial charge in [-0.3, -0.25) is 4.79 Å². The Hall–Kier alpha value is -1.14. The maximum Gasteiger partial charge on any atom is 0.332 e. The van der Waals surface area contributed by atoms with Crippen LogP contribution in [-0.4, -0.2) is 48.3 Å². The van der Waals surface area contributed by atoms with Gasteiger partial charge in [-0.15, -0.1) is 0 Å². The van der Waals surface area contributed by atoms with E-state index in [1.54, 1.807) is 0 Å². The van der Waals surface area contributed by atoms with Gasteiger partial charge in [-0.05, 0) is 37.6 Å². The van der Waals surface area contributed by atoms with Gasteiger partial charge in [-0.1, -0.05) is 13.8 Å². The summed E-state index contributed by atoms with van der Waals surface area (Å²) >= 11 is 0. The third kappa shape index (κ3) is 3.49. The number of carboxylic acid groups (broad SMARTS) is 1. The van der Waals surface area contributed by atoms with Crippen LogP contribution in [0.1, 0.15) is 39.5 Å². The van der Waals surface area contributed by atoms with Crippen molar-refractivity contribution in [2.45, 2.75) is 57.8 Å². The van der Waals surface area contributed by atoms with Crippen LogP contribution in [0.4, 0.5) is 0 Å². The first-order valence-corrected chi connectivity index (χ1v) is 7.29. The fourth-order valence-corrected chi connectivity index (χ4v) is 3.01. The lowest BCUT2D eigenvalue weighted by atomic mass is 9.77. The predicted molar refractivity (Wildman–Crippen MR) is 73.3 cm³/mol. The highest BCUT2D eigenvalue weighted by Crippen LogP contribution is 2.30. The van der Waals surface area contributed by atoms with E-state index in [2.05, 4.69) is 24.5 Å². The molecule has 3 N–H and O–H groups in total. The van der Waals surface area contributed by atoms with Crippen LogP contribution < -0.4 is 10.6 Å². The number of carboxylic acids is 1. The van der Waals surface area contributed by atoms with E-state index in [0.717, 1.165) is 19.4 Å². The third-order valence-electron chi connectivity index (χ3n) is 4.28. The summed E-state index contributed by atoms with van der Waals surface area (Å²) in [6.07, 6.45) is 2.40. The number of amides is 1. The Kier molecular flexibility index (Phi) is 4.65. The Labute approximate surface area is 119 Å². The smallest absolute Gasteiger partial charge is 0.332 e. The van der Waals surface area contributed by atoms with Crippen molar-refractivity contribution in [1.29, 1.82) is 0 Å². The predicted octanol–water partition coefficient (Wildman–Crippen LogP) is 0.513. The lowest BCUT2D eigenvalue weighted by molar-refractivity contribution is -0.149. The first kappa shape index (κ1) is 15.3. The van der Waals surface area contributed by atoms with Crippen molar-refractivity contribution >= 4 is 11.9 Å². The molecule has 2 saturated heterocycles. The molecule has 0 aromatic carbocycles. The van der Waals surface area contributed by atoms with Gasteiger partial charge in [0.2, 0.25) is 5.91 Å². The van der Waals surface area contributed by atoms with E-state index in [1.165, 1.54) is 0 Å². The molecule has 3 unspecified atom stereocenters. The normalized spacial score (nSPS) is 32.8. The maximum atomic E-state index is 12.2. The van der Waals surface area contributed by atoms with E-state index in [1.807, 2.05) is 0 Å². The third-order valence-corrected chi connectivity index (χ3v) is 4.28. The van der Waals surface area contributed by atoms with Gasteiger partial charge in [0.1, 0.15) is 0 Å². The molecule has 0 bridgehead atoms. The lowest BCUT2D eigenvalue weighted by Crippen LogP contribution is -2.56. The molecule has 2 aliphatic heterocycles. The van der Waals surface area contributed by atoms with Crippen molar-refractivity contribution in [2.24, 2.45) is 5.41 Å². The number of nitrogens with one attached hydrogen (secondary N) is 2. The number of carbonyl (C=O) groups excluding carboxylic acids is 1. The van der Waals surface area contributed by atoms with Gasteiger partial charge in [-0.2, -0.15) is 0 Å². The molecule has 114 valence electrons. The Morgan fingerprint density at radius 2 is 2.15 bits per heavy atom. The molecule has 2 aliphatic rings. The highest BCUT2D eigenvalue weighted by atomic mass is 16.5. The number of hydrogen-bond acceptors (Lipinski definition) is 4. The lowest BCUT2D eigenvalue weighted by Gasteiger charge is -2.38. The van der Waals surface area contributed by atoms with Gasteiger partial charge >= 0.3 is 5.97 Å². The summed E-state index contributed by atoms with van der Waals surface area (Å²) in [4.78, 5) is 23.0. The molecule has 1 amide bonds. The topological polar surface area (TPSA) is 87.7 Å². The zero-order valence-corrected chi connectivity index (χ0v) is 12.1. The monoisotopic (exact) mass is 284 g/mol. The van der Waals surface area contributed by atoms with Gasteiger partial charge < -0.3 is 20.5 Å². The number of rotatable bonds is 4. The van der Waals surface area contributed by atoms with Crippen molar-refractivity contribution < 1.29 is 19.4 Å². The van der Waals surface area contributed by atoms with Gasteiger partial charge in [0.05, 0.1) is 12.1 Å². The van der Waals surface area contributed by atoms with Crippen LogP contribution in [0, 0.1) is 5.41 Å². The second-order valence-corrected chi connectivity index (χ2v) is 6.39. The molecule has 0 radical (unpaired) electrons. The molecule has 6 nitrogen and oxygen atoms in total. The summed E-state index contributed by atoms with van der Waals surface area (Å²) in [5.41, 5.74) is -0.0531. The SMILES string of the molecule is CC1(C)CCCNC1C(=O)NCC1CCC(C(=O)O)O1. The number of piperidine rings is 1. The van der Waals surface area contributed by atoms with Crippen molar-refractivity contribution in [3.05, 3.63) is 0 Å². The molecule has 2 fully saturated rings. The minimum Gasteiger partial charge on any atom is -0.479 e. The van der Waals surface area contributed by atoms with Crippen LogP contribution in [0.3, 0.4) is 0 Å². The Morgan fingerprint density at radius 1 is 1.40 bits per heavy atom. The van der Waals surface area contributed by atoms with E-state index in [0.29, 0.717) is 19.4 Å². The molecule has 2 rings (SSSR count). The van der Waals surface area contributed by atoms with Crippen molar-refractivity contribution in [3.63, 3.8) is 0 Å². The molecule has 0 spiro atoms. The first-order chi connectivity index (χ1) is 9.40. The molecule has 0 saturated carbocycles. The van der Waals surface area contributed by atoms with E-state index in [9.17, 15) is 9.59 Å². The maximum absolute atomic E-state index is 12.2. The van der Waals surface area contributed by atoms with Gasteiger partial charge in [-0.25, -0.2) is 4.79 Å². The zero-order chi connectivity index (χ0) is 14.8. The van der Waals surface area contributed by atoms with E-state index in [-0.39, 0.29) is 23.5 Å². The molecule has 3 atom stereocenters. The molecular formula is C14H24N2O4. The fraction of sp³-hybridized carbons (Fsp3) is 0.857. The largest absolute Gasteiger partial charge is 0.479 e. The number of aliphatic carboxylic acids is 1. The standard InChI is InChI=1S/C14H24N2O4/c1-14(2)6-3-7-15-11(14)12(17)16-8-9-4-5-10(20-9)13(18)19/h9-11,15H,3-8H2,1-2H3,(H,16,17)(H,18,19). The van der Waals surface area contributed by atoms with E-state index in [4.69, 9.17) is 9.84 Å². The molecule has 0 aromatic heterocycles. The summed E-state index contributed by atoms with van der Waals surface area (Å²) in [5, 5.41) is 15.0. The summed E-state index contributed by atoms with van der Waals surface area (Å²) in [5.74, 6) is -0.939. The van der Waals surface area contributed by atoms with Crippen LogP contribution in [-0.2, 0) is 14.3 Å². The van der Waals surface area contributed by atoms with Gasteiger partial charge in [0.25, 0.3) is 0 Å². The molecular weight excluding hydrogens is 260 g/mol. The summed E-state index contributed by atoms with van der Waals surface area (Å²) in [6.45, 7) is 5.44. The molecule has 20 heavy (non-hydrogen) atoms. The van der Waals surface area contributed by atoms with Crippen LogP contribution >= 0.6 is 0 Å². The van der Waals surface area contributed by atoms with Crippen LogP contribution in [0.15, 0.2) is 0 Å². The number of carbonyl (C=O) groups is 2. The zero-order valence-electron chi connectivity index (χ0n) is 12.1. The highest BCUT2D eigenvalue weighted by molar-refractivity contribution is 5.82. The molecule has 2 heterocycles. The van der Waals surface area contributed by atoms with Gasteiger partial charge in [0, 0.05) is 6.54 Å². The summed E-state index contributed by atoms with van der Waals surface area (Å²) < 4.78 is 5.38. The first-order valence-electron chi connectivity index (χ1n) is 7.29. The average Bonchev–Trinajstić information content (AvgIpc) is 2.84. The summed E-state index contributed by atoms with van der Waals surface area (Å²) in [7, 11) is 0. The van der Waals surface area contributed by atoms with Crippen LogP contribution in [0.5, 0.6) is 0 Å². The van der Waals surface area contributed by atoms with Crippen LogP contribution in [0.25, 0.3) is 0 Å². The van der Waals surface area contributed by atoms with E-state index >= 15 is 0 Å². The highest BCUT2D eigenvalue weighted by Gasteiger charge is 2.37. The Bertz CT molecular complexity index is 383. The van der Waals surface area contributed by atoms with Gasteiger partial charge in [0.15, 0.2) is 6.10 Å². The second-order valence-electron chi connectivity index (χ2n) is 6.39. The molecule has 0 aliphatic carbocycles. The second kappa shape index (κ2) is 6.10. The summed E-state index contributed by atoms with van der Waals surface area (Å²) in [6, 6.07) is -0.187. The quantitative estimate of drug-likeness (QED) is 0.700. The minimum atomic E-state index is -0.922. The number of ether oxygens (including phenoxy) is 1. The van der Waals surface area contributed by atoms with Crippen molar-refractivity contribution in [1.82, 2.24) is 10.6 Å². The fourth-order valence-electron chi connectivity index (χ4n) is 3.01. The van der Waals surface area contributed by atoms with Crippen molar-refractivity contribution in [2.75, 3.05) is 13.1 Å². The Morgan fingerprint density at radius 3 is 2.75 bits per heavy atom. The van der Waals surface area contributed by atoms with E-state index < -0.39 is 12.1 Å². The van der Waals surface area contributed by atoms with Crippen molar-refractivity contribution in [3.8, 4) is 0 Å². The average molecular weight is 284 g/mol. The Balaban J connectivity index is 1.79. The number of hydrogen-bond donors (Lipinski definition) is 3.